The van der Waals surface area contributed by atoms with Crippen molar-refractivity contribution in [3.8, 4) is 0 Å². The molecule has 0 unspecified atom stereocenters. The first-order chi connectivity index (χ1) is 13.1. The highest BCUT2D eigenvalue weighted by Gasteiger charge is 2.47. The lowest BCUT2D eigenvalue weighted by molar-refractivity contribution is -0.0777. The van der Waals surface area contributed by atoms with Crippen LogP contribution in [0.4, 0.5) is 5.95 Å². The standard InChI is InChI=1S/C15H24N6O6S/c1-7(2)26-10-8(5-18-28(4,23)24)27-14(11(10)25-3)21-6-17-9-12(21)19-15(16)20-13(9)22/h6-8,10-11,14,18H,5H2,1-4H3,(H3,16,19,20,22)/t8-,10-,11-,14-/m1/s1. The van der Waals surface area contributed by atoms with E-state index in [4.69, 9.17) is 19.9 Å². The van der Waals surface area contributed by atoms with Crippen molar-refractivity contribution in [3.05, 3.63) is 16.7 Å². The van der Waals surface area contributed by atoms with Gasteiger partial charge in [-0.25, -0.2) is 18.1 Å². The van der Waals surface area contributed by atoms with Crippen molar-refractivity contribution in [1.82, 2.24) is 24.2 Å². The van der Waals surface area contributed by atoms with Gasteiger partial charge in [-0.05, 0) is 13.8 Å². The number of imidazole rings is 1. The quantitative estimate of drug-likeness (QED) is 0.511. The van der Waals surface area contributed by atoms with E-state index in [9.17, 15) is 13.2 Å². The molecule has 28 heavy (non-hydrogen) atoms. The van der Waals surface area contributed by atoms with Crippen LogP contribution in [0.15, 0.2) is 11.1 Å². The zero-order valence-electron chi connectivity index (χ0n) is 15.9. The lowest BCUT2D eigenvalue weighted by atomic mass is 10.1. The molecule has 1 saturated heterocycles. The molecule has 1 aliphatic rings. The molecule has 0 amide bonds. The van der Waals surface area contributed by atoms with Crippen LogP contribution in [0.5, 0.6) is 0 Å². The van der Waals surface area contributed by atoms with Gasteiger partial charge in [0.1, 0.15) is 18.3 Å². The third kappa shape index (κ3) is 4.17. The van der Waals surface area contributed by atoms with Crippen LogP contribution in [0.3, 0.4) is 0 Å². The second-order valence-corrected chi connectivity index (χ2v) is 8.64. The predicted molar refractivity (Wildman–Crippen MR) is 100 cm³/mol. The number of methoxy groups -OCH3 is 1. The molecule has 0 saturated carbocycles. The molecule has 13 heteroatoms. The summed E-state index contributed by atoms with van der Waals surface area (Å²) in [5.41, 5.74) is 5.51. The van der Waals surface area contributed by atoms with Crippen LogP contribution in [0.25, 0.3) is 11.2 Å². The van der Waals surface area contributed by atoms with Crippen molar-refractivity contribution in [2.24, 2.45) is 0 Å². The number of nitrogens with two attached hydrogens (primary N) is 1. The van der Waals surface area contributed by atoms with E-state index in [1.165, 1.54) is 18.0 Å². The van der Waals surface area contributed by atoms with Crippen LogP contribution in [-0.4, -0.2) is 72.3 Å². The first-order valence-corrected chi connectivity index (χ1v) is 10.5. The fraction of sp³-hybridized carbons (Fsp3) is 0.667. The number of nitrogen functional groups attached to an aromatic ring is 1. The molecule has 3 heterocycles. The van der Waals surface area contributed by atoms with Gasteiger partial charge in [0, 0.05) is 13.7 Å². The van der Waals surface area contributed by atoms with Gasteiger partial charge in [-0.15, -0.1) is 0 Å². The molecule has 0 aliphatic carbocycles. The van der Waals surface area contributed by atoms with Crippen LogP contribution in [0.1, 0.15) is 20.1 Å². The monoisotopic (exact) mass is 416 g/mol. The van der Waals surface area contributed by atoms with Crippen molar-refractivity contribution in [1.29, 1.82) is 0 Å². The summed E-state index contributed by atoms with van der Waals surface area (Å²) in [7, 11) is -1.93. The van der Waals surface area contributed by atoms with E-state index in [1.54, 1.807) is 0 Å². The predicted octanol–water partition coefficient (Wildman–Crippen LogP) is -1.04. The number of fused-ring (bicyclic) bond motifs is 1. The van der Waals surface area contributed by atoms with Gasteiger partial charge < -0.3 is 19.9 Å². The van der Waals surface area contributed by atoms with Gasteiger partial charge >= 0.3 is 0 Å². The molecular weight excluding hydrogens is 392 g/mol. The topological polar surface area (TPSA) is 163 Å². The Balaban J connectivity index is 1.99. The molecule has 0 aromatic carbocycles. The van der Waals surface area contributed by atoms with E-state index in [0.717, 1.165) is 6.26 Å². The minimum atomic E-state index is -3.42. The van der Waals surface area contributed by atoms with Crippen molar-refractivity contribution in [2.45, 2.75) is 44.5 Å². The molecular formula is C15H24N6O6S. The minimum Gasteiger partial charge on any atom is -0.374 e. The molecule has 3 rings (SSSR count). The zero-order chi connectivity index (χ0) is 20.6. The van der Waals surface area contributed by atoms with Crippen molar-refractivity contribution >= 4 is 27.1 Å². The first kappa shape index (κ1) is 20.7. The number of nitrogens with one attached hydrogen (secondary N) is 2. The van der Waals surface area contributed by atoms with Crippen LogP contribution >= 0.6 is 0 Å². The maximum atomic E-state index is 12.0. The molecule has 0 radical (unpaired) electrons. The molecule has 1 aliphatic heterocycles. The van der Waals surface area contributed by atoms with E-state index in [1.807, 2.05) is 13.8 Å². The Morgan fingerprint density at radius 1 is 1.43 bits per heavy atom. The summed E-state index contributed by atoms with van der Waals surface area (Å²) in [5, 5.41) is 0. The Hall–Kier alpha value is -2.06. The average molecular weight is 416 g/mol. The van der Waals surface area contributed by atoms with Crippen LogP contribution < -0.4 is 16.0 Å². The highest BCUT2D eigenvalue weighted by atomic mass is 32.2. The molecule has 0 spiro atoms. The molecule has 0 bridgehead atoms. The third-order valence-corrected chi connectivity index (χ3v) is 4.95. The van der Waals surface area contributed by atoms with Crippen LogP contribution in [0.2, 0.25) is 0 Å². The van der Waals surface area contributed by atoms with Crippen molar-refractivity contribution in [2.75, 3.05) is 25.6 Å². The minimum absolute atomic E-state index is 0.00460. The number of rotatable bonds is 7. The van der Waals surface area contributed by atoms with Gasteiger partial charge in [0.05, 0.1) is 18.7 Å². The van der Waals surface area contributed by atoms with Crippen LogP contribution in [0, 0.1) is 0 Å². The fourth-order valence-corrected chi connectivity index (χ4v) is 3.66. The van der Waals surface area contributed by atoms with Gasteiger partial charge in [0.15, 0.2) is 17.4 Å². The number of hydrogen-bond acceptors (Lipinski definition) is 9. The molecule has 4 atom stereocenters. The van der Waals surface area contributed by atoms with E-state index in [0.29, 0.717) is 0 Å². The zero-order valence-corrected chi connectivity index (χ0v) is 16.8. The maximum absolute atomic E-state index is 12.0. The summed E-state index contributed by atoms with van der Waals surface area (Å²) < 4.78 is 44.6. The summed E-state index contributed by atoms with van der Waals surface area (Å²) in [6, 6.07) is 0. The van der Waals surface area contributed by atoms with E-state index < -0.39 is 40.1 Å². The summed E-state index contributed by atoms with van der Waals surface area (Å²) in [4.78, 5) is 22.6. The number of hydrogen-bond donors (Lipinski definition) is 3. The number of sulfonamides is 1. The Labute approximate surface area is 161 Å². The molecule has 2 aromatic rings. The summed E-state index contributed by atoms with van der Waals surface area (Å²) >= 11 is 0. The van der Waals surface area contributed by atoms with Gasteiger partial charge in [0.25, 0.3) is 5.56 Å². The normalized spacial score (nSPS) is 25.8. The molecule has 12 nitrogen and oxygen atoms in total. The number of ether oxygens (including phenoxy) is 3. The highest BCUT2D eigenvalue weighted by Crippen LogP contribution is 2.35. The largest absolute Gasteiger partial charge is 0.374 e. The molecule has 2 aromatic heterocycles. The summed E-state index contributed by atoms with van der Waals surface area (Å²) in [6.07, 6.45) is -0.241. The molecule has 156 valence electrons. The smallest absolute Gasteiger partial charge is 0.280 e. The highest BCUT2D eigenvalue weighted by molar-refractivity contribution is 7.88. The first-order valence-electron chi connectivity index (χ1n) is 8.61. The lowest BCUT2D eigenvalue weighted by Crippen LogP contribution is -2.43. The summed E-state index contributed by atoms with van der Waals surface area (Å²) in [5.74, 6) is -0.0588. The summed E-state index contributed by atoms with van der Waals surface area (Å²) in [6.45, 7) is 3.71. The fourth-order valence-electron chi connectivity index (χ4n) is 3.19. The SMILES string of the molecule is CO[C@@H]1[C@H](OC(C)C)[C@@H](CNS(C)(=O)=O)O[C@H]1n1cnc2c(=O)[nH]c(N)nc21. The lowest BCUT2D eigenvalue weighted by Gasteiger charge is -2.25. The van der Waals surface area contributed by atoms with Gasteiger partial charge in [0.2, 0.25) is 16.0 Å². The Kier molecular flexibility index (Phi) is 5.72. The Morgan fingerprint density at radius 3 is 2.75 bits per heavy atom. The van der Waals surface area contributed by atoms with Crippen molar-refractivity contribution < 1.29 is 22.6 Å². The van der Waals surface area contributed by atoms with Crippen molar-refractivity contribution in [3.63, 3.8) is 0 Å². The second kappa shape index (κ2) is 7.75. The maximum Gasteiger partial charge on any atom is 0.280 e. The third-order valence-electron chi connectivity index (χ3n) is 4.26. The Bertz CT molecular complexity index is 1000. The van der Waals surface area contributed by atoms with Gasteiger partial charge in [-0.3, -0.25) is 14.3 Å². The van der Waals surface area contributed by atoms with E-state index in [-0.39, 0.29) is 29.8 Å². The molecule has 1 fully saturated rings. The van der Waals surface area contributed by atoms with E-state index in [2.05, 4.69) is 19.7 Å². The number of aromatic amines is 1. The average Bonchev–Trinajstić information content (AvgIpc) is 3.13. The van der Waals surface area contributed by atoms with Gasteiger partial charge in [-0.2, -0.15) is 4.98 Å². The number of nitrogens with zero attached hydrogens (tertiary/aromatic N) is 3. The number of H-pyrrole nitrogens is 1. The number of anilines is 1. The Morgan fingerprint density at radius 2 is 2.14 bits per heavy atom. The number of aromatic nitrogens is 4. The van der Waals surface area contributed by atoms with E-state index >= 15 is 0 Å². The second-order valence-electron chi connectivity index (χ2n) is 6.81. The van der Waals surface area contributed by atoms with Crippen LogP contribution in [-0.2, 0) is 24.2 Å². The van der Waals surface area contributed by atoms with Gasteiger partial charge in [-0.1, -0.05) is 0 Å². The molecule has 4 N–H and O–H groups in total.